The molecule has 0 unspecified atom stereocenters. The maximum Gasteiger partial charge on any atom is 0.311 e. The Kier molecular flexibility index (Phi) is 6.43. The summed E-state index contributed by atoms with van der Waals surface area (Å²) in [7, 11) is 3.77. The number of amides is 2. The van der Waals surface area contributed by atoms with Gasteiger partial charge in [0.2, 0.25) is 0 Å². The highest BCUT2D eigenvalue weighted by Gasteiger charge is 2.27. The van der Waals surface area contributed by atoms with Gasteiger partial charge in [0, 0.05) is 25.5 Å². The molecule has 1 N–H and O–H groups in total. The Morgan fingerprint density at radius 1 is 1.39 bits per heavy atom. The first-order valence-electron chi connectivity index (χ1n) is 6.35. The molecular formula is C12H22ClN3O2. The van der Waals surface area contributed by atoms with Crippen molar-refractivity contribution in [1.82, 2.24) is 15.1 Å². The van der Waals surface area contributed by atoms with E-state index in [-0.39, 0.29) is 6.04 Å². The Hall–Kier alpha value is -0.810. The number of halogens is 1. The Morgan fingerprint density at radius 3 is 2.56 bits per heavy atom. The van der Waals surface area contributed by atoms with Crippen molar-refractivity contribution in [2.45, 2.75) is 25.3 Å². The first kappa shape index (κ1) is 15.2. The summed E-state index contributed by atoms with van der Waals surface area (Å²) >= 11 is 5.51. The molecule has 1 saturated heterocycles. The minimum atomic E-state index is -0.526. The molecule has 0 spiro atoms. The molecule has 6 heteroatoms. The number of hydrogen-bond acceptors (Lipinski definition) is 3. The molecule has 0 aromatic heterocycles. The fourth-order valence-corrected chi connectivity index (χ4v) is 2.19. The predicted octanol–water partition coefficient (Wildman–Crippen LogP) is 0.284. The van der Waals surface area contributed by atoms with E-state index >= 15 is 0 Å². The standard InChI is InChI=1S/C12H22ClN3O2/c1-15-8-4-10(5-9-15)16(2)12(18)11(17)14-7-3-6-13/h10H,3-9H2,1-2H3,(H,14,17). The zero-order valence-corrected chi connectivity index (χ0v) is 11.9. The smallest absolute Gasteiger partial charge is 0.311 e. The lowest BCUT2D eigenvalue weighted by Crippen LogP contribution is -2.49. The van der Waals surface area contributed by atoms with E-state index in [2.05, 4.69) is 17.3 Å². The van der Waals surface area contributed by atoms with E-state index in [0.717, 1.165) is 25.9 Å². The van der Waals surface area contributed by atoms with Crippen molar-refractivity contribution in [2.75, 3.05) is 39.6 Å². The van der Waals surface area contributed by atoms with Gasteiger partial charge >= 0.3 is 11.8 Å². The Balaban J connectivity index is 2.38. The monoisotopic (exact) mass is 275 g/mol. The normalized spacial score (nSPS) is 17.5. The van der Waals surface area contributed by atoms with Crippen LogP contribution in [-0.4, -0.2) is 67.3 Å². The minimum Gasteiger partial charge on any atom is -0.348 e. The second-order valence-corrected chi connectivity index (χ2v) is 5.13. The quantitative estimate of drug-likeness (QED) is 0.456. The predicted molar refractivity (Wildman–Crippen MR) is 71.6 cm³/mol. The van der Waals surface area contributed by atoms with E-state index in [0.29, 0.717) is 18.8 Å². The van der Waals surface area contributed by atoms with Crippen LogP contribution in [0.2, 0.25) is 0 Å². The van der Waals surface area contributed by atoms with Crippen molar-refractivity contribution in [3.63, 3.8) is 0 Å². The zero-order valence-electron chi connectivity index (χ0n) is 11.1. The molecule has 1 rings (SSSR count). The SMILES string of the molecule is CN1CCC(N(C)C(=O)C(=O)NCCCCl)CC1. The van der Waals surface area contributed by atoms with Gasteiger partial charge in [0.25, 0.3) is 0 Å². The summed E-state index contributed by atoms with van der Waals surface area (Å²) in [6.45, 7) is 2.39. The molecule has 104 valence electrons. The van der Waals surface area contributed by atoms with Crippen molar-refractivity contribution in [3.8, 4) is 0 Å². The highest BCUT2D eigenvalue weighted by Crippen LogP contribution is 2.14. The van der Waals surface area contributed by atoms with Crippen LogP contribution in [0.4, 0.5) is 0 Å². The van der Waals surface area contributed by atoms with E-state index in [4.69, 9.17) is 11.6 Å². The third-order valence-corrected chi connectivity index (χ3v) is 3.61. The van der Waals surface area contributed by atoms with E-state index in [1.54, 1.807) is 11.9 Å². The van der Waals surface area contributed by atoms with Crippen LogP contribution in [0.5, 0.6) is 0 Å². The van der Waals surface area contributed by atoms with Gasteiger partial charge in [-0.05, 0) is 39.4 Å². The van der Waals surface area contributed by atoms with Gasteiger partial charge in [-0.2, -0.15) is 0 Å². The lowest BCUT2D eigenvalue weighted by Gasteiger charge is -2.34. The van der Waals surface area contributed by atoms with Crippen LogP contribution in [0.25, 0.3) is 0 Å². The van der Waals surface area contributed by atoms with Crippen LogP contribution in [0.15, 0.2) is 0 Å². The van der Waals surface area contributed by atoms with Crippen molar-refractivity contribution in [2.24, 2.45) is 0 Å². The zero-order chi connectivity index (χ0) is 13.5. The van der Waals surface area contributed by atoms with Crippen LogP contribution < -0.4 is 5.32 Å². The summed E-state index contributed by atoms with van der Waals surface area (Å²) in [5.74, 6) is -0.486. The molecule has 1 aliphatic heterocycles. The van der Waals surface area contributed by atoms with Gasteiger partial charge in [-0.1, -0.05) is 0 Å². The van der Waals surface area contributed by atoms with Crippen LogP contribution in [0.3, 0.4) is 0 Å². The van der Waals surface area contributed by atoms with E-state index in [1.807, 2.05) is 0 Å². The second-order valence-electron chi connectivity index (χ2n) is 4.75. The molecule has 1 heterocycles. The number of likely N-dealkylation sites (N-methyl/N-ethyl adjacent to an activating group) is 1. The number of nitrogens with one attached hydrogen (secondary N) is 1. The number of likely N-dealkylation sites (tertiary alicyclic amines) is 1. The average Bonchev–Trinajstić information content (AvgIpc) is 2.38. The molecule has 18 heavy (non-hydrogen) atoms. The molecule has 1 fully saturated rings. The molecule has 2 amide bonds. The number of alkyl halides is 1. The van der Waals surface area contributed by atoms with Gasteiger partial charge in [-0.25, -0.2) is 0 Å². The summed E-state index contributed by atoms with van der Waals surface area (Å²) in [6, 6.07) is 0.174. The fraction of sp³-hybridized carbons (Fsp3) is 0.833. The van der Waals surface area contributed by atoms with Crippen molar-refractivity contribution in [1.29, 1.82) is 0 Å². The number of carbonyl (C=O) groups is 2. The van der Waals surface area contributed by atoms with Crippen molar-refractivity contribution < 1.29 is 9.59 Å². The third kappa shape index (κ3) is 4.46. The van der Waals surface area contributed by atoms with Gasteiger partial charge in [0.15, 0.2) is 0 Å². The van der Waals surface area contributed by atoms with E-state index in [9.17, 15) is 9.59 Å². The number of carbonyl (C=O) groups excluding carboxylic acids is 2. The highest BCUT2D eigenvalue weighted by atomic mass is 35.5. The van der Waals surface area contributed by atoms with Crippen LogP contribution >= 0.6 is 11.6 Å². The number of hydrogen-bond donors (Lipinski definition) is 1. The van der Waals surface area contributed by atoms with E-state index in [1.165, 1.54) is 0 Å². The molecule has 0 aromatic rings. The van der Waals surface area contributed by atoms with Crippen LogP contribution in [0, 0.1) is 0 Å². The largest absolute Gasteiger partial charge is 0.348 e. The van der Waals surface area contributed by atoms with Gasteiger partial charge in [-0.15, -0.1) is 11.6 Å². The maximum atomic E-state index is 11.9. The van der Waals surface area contributed by atoms with Crippen molar-refractivity contribution >= 4 is 23.4 Å². The number of rotatable bonds is 4. The number of piperidine rings is 1. The van der Waals surface area contributed by atoms with Gasteiger partial charge < -0.3 is 15.1 Å². The Morgan fingerprint density at radius 2 is 2.00 bits per heavy atom. The van der Waals surface area contributed by atoms with Gasteiger partial charge in [0.05, 0.1) is 0 Å². The minimum absolute atomic E-state index is 0.174. The molecule has 5 nitrogen and oxygen atoms in total. The molecular weight excluding hydrogens is 254 g/mol. The van der Waals surface area contributed by atoms with Crippen LogP contribution in [-0.2, 0) is 9.59 Å². The maximum absolute atomic E-state index is 11.9. The third-order valence-electron chi connectivity index (χ3n) is 3.35. The van der Waals surface area contributed by atoms with Gasteiger partial charge in [-0.3, -0.25) is 9.59 Å². The summed E-state index contributed by atoms with van der Waals surface area (Å²) in [6.07, 6.45) is 2.53. The molecule has 0 aliphatic carbocycles. The molecule has 0 aromatic carbocycles. The Labute approximate surface area is 113 Å². The summed E-state index contributed by atoms with van der Waals surface area (Å²) < 4.78 is 0. The molecule has 1 aliphatic rings. The second kappa shape index (κ2) is 7.59. The van der Waals surface area contributed by atoms with Gasteiger partial charge in [0.1, 0.15) is 0 Å². The molecule has 0 radical (unpaired) electrons. The topological polar surface area (TPSA) is 52.7 Å². The summed E-state index contributed by atoms with van der Waals surface area (Å²) in [5, 5.41) is 2.59. The molecule has 0 atom stereocenters. The number of nitrogens with zero attached hydrogens (tertiary/aromatic N) is 2. The molecule has 0 bridgehead atoms. The highest BCUT2D eigenvalue weighted by molar-refractivity contribution is 6.35. The lowest BCUT2D eigenvalue weighted by atomic mass is 10.0. The van der Waals surface area contributed by atoms with Crippen LogP contribution in [0.1, 0.15) is 19.3 Å². The van der Waals surface area contributed by atoms with E-state index < -0.39 is 11.8 Å². The fourth-order valence-electron chi connectivity index (χ4n) is 2.05. The Bertz CT molecular complexity index is 291. The summed E-state index contributed by atoms with van der Waals surface area (Å²) in [4.78, 5) is 27.3. The van der Waals surface area contributed by atoms with Crippen molar-refractivity contribution in [3.05, 3.63) is 0 Å². The molecule has 0 saturated carbocycles. The average molecular weight is 276 g/mol. The lowest BCUT2D eigenvalue weighted by molar-refractivity contribution is -0.146. The first-order chi connectivity index (χ1) is 8.56. The first-order valence-corrected chi connectivity index (χ1v) is 6.89. The summed E-state index contributed by atoms with van der Waals surface area (Å²) in [5.41, 5.74) is 0.